The van der Waals surface area contributed by atoms with Gasteiger partial charge in [0, 0.05) is 6.61 Å². The molecule has 112 valence electrons. The first kappa shape index (κ1) is 15.5. The van der Waals surface area contributed by atoms with Gasteiger partial charge in [-0.2, -0.15) is 0 Å². The van der Waals surface area contributed by atoms with Crippen molar-refractivity contribution in [1.82, 2.24) is 5.43 Å². The molecule has 0 saturated heterocycles. The third-order valence-corrected chi connectivity index (χ3v) is 4.53. The van der Waals surface area contributed by atoms with Crippen molar-refractivity contribution in [2.75, 3.05) is 6.61 Å². The Labute approximate surface area is 122 Å². The van der Waals surface area contributed by atoms with E-state index in [-0.39, 0.29) is 11.6 Å². The highest BCUT2D eigenvalue weighted by Gasteiger charge is 2.39. The number of rotatable bonds is 7. The SMILES string of the molecule is CCOC1(C(CCc2ccccc2)NN)CCCCC1. The molecule has 1 unspecified atom stereocenters. The van der Waals surface area contributed by atoms with Crippen LogP contribution in [0.15, 0.2) is 30.3 Å². The molecule has 0 aliphatic heterocycles. The van der Waals surface area contributed by atoms with Gasteiger partial charge in [0.25, 0.3) is 0 Å². The minimum absolute atomic E-state index is 0.0590. The van der Waals surface area contributed by atoms with Gasteiger partial charge in [0.2, 0.25) is 0 Å². The highest BCUT2D eigenvalue weighted by atomic mass is 16.5. The highest BCUT2D eigenvalue weighted by Crippen LogP contribution is 2.36. The lowest BCUT2D eigenvalue weighted by molar-refractivity contribution is -0.0914. The van der Waals surface area contributed by atoms with Crippen LogP contribution in [-0.2, 0) is 11.2 Å². The molecule has 1 atom stereocenters. The van der Waals surface area contributed by atoms with Gasteiger partial charge >= 0.3 is 0 Å². The van der Waals surface area contributed by atoms with Gasteiger partial charge in [-0.25, -0.2) is 0 Å². The number of hydrogen-bond acceptors (Lipinski definition) is 3. The van der Waals surface area contributed by atoms with E-state index in [4.69, 9.17) is 10.6 Å². The summed E-state index contributed by atoms with van der Waals surface area (Å²) in [5, 5.41) is 0. The number of ether oxygens (including phenoxy) is 1. The normalized spacial score (nSPS) is 19.7. The van der Waals surface area contributed by atoms with E-state index < -0.39 is 0 Å². The van der Waals surface area contributed by atoms with Crippen LogP contribution in [0.4, 0.5) is 0 Å². The number of hydrazine groups is 1. The van der Waals surface area contributed by atoms with Crippen LogP contribution in [0.25, 0.3) is 0 Å². The molecule has 0 heterocycles. The molecule has 1 saturated carbocycles. The van der Waals surface area contributed by atoms with Crippen LogP contribution in [-0.4, -0.2) is 18.2 Å². The van der Waals surface area contributed by atoms with Crippen LogP contribution in [0.2, 0.25) is 0 Å². The zero-order chi connectivity index (χ0) is 14.3. The molecule has 0 amide bonds. The molecule has 1 fully saturated rings. The second-order valence-corrected chi connectivity index (χ2v) is 5.80. The van der Waals surface area contributed by atoms with E-state index >= 15 is 0 Å². The van der Waals surface area contributed by atoms with Crippen LogP contribution < -0.4 is 11.3 Å². The van der Waals surface area contributed by atoms with Gasteiger partial charge in [-0.05, 0) is 38.2 Å². The average molecular weight is 276 g/mol. The molecule has 0 radical (unpaired) electrons. The molecular weight excluding hydrogens is 248 g/mol. The molecule has 1 aromatic carbocycles. The average Bonchev–Trinajstić information content (AvgIpc) is 2.50. The van der Waals surface area contributed by atoms with Crippen LogP contribution >= 0.6 is 0 Å². The lowest BCUT2D eigenvalue weighted by Gasteiger charge is -2.43. The second kappa shape index (κ2) is 7.77. The Morgan fingerprint density at radius 1 is 1.20 bits per heavy atom. The molecule has 20 heavy (non-hydrogen) atoms. The maximum absolute atomic E-state index is 6.17. The Bertz CT molecular complexity index is 368. The van der Waals surface area contributed by atoms with Crippen LogP contribution in [0.5, 0.6) is 0 Å². The Morgan fingerprint density at radius 2 is 1.90 bits per heavy atom. The predicted molar refractivity (Wildman–Crippen MR) is 83.3 cm³/mol. The van der Waals surface area contributed by atoms with Crippen molar-refractivity contribution >= 4 is 0 Å². The molecule has 3 heteroatoms. The topological polar surface area (TPSA) is 47.3 Å². The van der Waals surface area contributed by atoms with Crippen molar-refractivity contribution in [3.8, 4) is 0 Å². The Morgan fingerprint density at radius 3 is 2.50 bits per heavy atom. The van der Waals surface area contributed by atoms with E-state index in [1.54, 1.807) is 0 Å². The van der Waals surface area contributed by atoms with Gasteiger partial charge in [-0.3, -0.25) is 11.3 Å². The van der Waals surface area contributed by atoms with E-state index in [9.17, 15) is 0 Å². The monoisotopic (exact) mass is 276 g/mol. The predicted octanol–water partition coefficient (Wildman–Crippen LogP) is 3.19. The van der Waals surface area contributed by atoms with Gasteiger partial charge < -0.3 is 4.74 Å². The van der Waals surface area contributed by atoms with Crippen molar-refractivity contribution in [2.45, 2.75) is 63.5 Å². The summed E-state index contributed by atoms with van der Waals surface area (Å²) in [6, 6.07) is 10.9. The summed E-state index contributed by atoms with van der Waals surface area (Å²) in [5.41, 5.74) is 4.35. The number of hydrogen-bond donors (Lipinski definition) is 2. The van der Waals surface area contributed by atoms with Crippen LogP contribution in [0.1, 0.15) is 51.0 Å². The van der Waals surface area contributed by atoms with E-state index in [1.807, 2.05) is 0 Å². The summed E-state index contributed by atoms with van der Waals surface area (Å²) < 4.78 is 6.17. The fourth-order valence-corrected chi connectivity index (χ4v) is 3.49. The van der Waals surface area contributed by atoms with Crippen molar-refractivity contribution in [1.29, 1.82) is 0 Å². The summed E-state index contributed by atoms with van der Waals surface area (Å²) >= 11 is 0. The van der Waals surface area contributed by atoms with E-state index in [0.29, 0.717) is 0 Å². The Kier molecular flexibility index (Phi) is 6.02. The summed E-state index contributed by atoms with van der Waals surface area (Å²) in [5.74, 6) is 5.85. The van der Waals surface area contributed by atoms with Crippen LogP contribution in [0.3, 0.4) is 0 Å². The van der Waals surface area contributed by atoms with Crippen molar-refractivity contribution in [3.05, 3.63) is 35.9 Å². The minimum atomic E-state index is -0.0590. The zero-order valence-electron chi connectivity index (χ0n) is 12.6. The molecule has 1 aromatic rings. The number of nitrogens with two attached hydrogens (primary N) is 1. The fourth-order valence-electron chi connectivity index (χ4n) is 3.49. The maximum atomic E-state index is 6.17. The summed E-state index contributed by atoms with van der Waals surface area (Å²) in [6.45, 7) is 2.85. The molecule has 0 spiro atoms. The lowest BCUT2D eigenvalue weighted by atomic mass is 9.77. The largest absolute Gasteiger partial charge is 0.374 e. The lowest BCUT2D eigenvalue weighted by Crippen LogP contribution is -2.56. The minimum Gasteiger partial charge on any atom is -0.374 e. The molecule has 1 aliphatic carbocycles. The molecule has 0 bridgehead atoms. The van der Waals surface area contributed by atoms with Gasteiger partial charge in [0.15, 0.2) is 0 Å². The van der Waals surface area contributed by atoms with Gasteiger partial charge in [0.1, 0.15) is 0 Å². The third kappa shape index (κ3) is 3.81. The Balaban J connectivity index is 2.00. The molecular formula is C17H28N2O. The van der Waals surface area contributed by atoms with E-state index in [1.165, 1.54) is 24.8 Å². The fraction of sp³-hybridized carbons (Fsp3) is 0.647. The summed E-state index contributed by atoms with van der Waals surface area (Å²) in [4.78, 5) is 0. The molecule has 3 nitrogen and oxygen atoms in total. The summed E-state index contributed by atoms with van der Waals surface area (Å²) in [6.07, 6.45) is 8.16. The van der Waals surface area contributed by atoms with Crippen molar-refractivity contribution < 1.29 is 4.74 Å². The van der Waals surface area contributed by atoms with Crippen LogP contribution in [0, 0.1) is 0 Å². The highest BCUT2D eigenvalue weighted by molar-refractivity contribution is 5.15. The number of benzene rings is 1. The van der Waals surface area contributed by atoms with Gasteiger partial charge in [-0.15, -0.1) is 0 Å². The standard InChI is InChI=1S/C17H28N2O/c1-2-20-17(13-7-4-8-14-17)16(19-18)12-11-15-9-5-3-6-10-15/h3,5-6,9-10,16,19H,2,4,7-8,11-14,18H2,1H3. The summed E-state index contributed by atoms with van der Waals surface area (Å²) in [7, 11) is 0. The van der Waals surface area contributed by atoms with Gasteiger partial charge in [-0.1, -0.05) is 49.6 Å². The zero-order valence-corrected chi connectivity index (χ0v) is 12.6. The van der Waals surface area contributed by atoms with E-state index in [2.05, 4.69) is 42.7 Å². The molecule has 3 N–H and O–H groups in total. The third-order valence-electron chi connectivity index (χ3n) is 4.53. The second-order valence-electron chi connectivity index (χ2n) is 5.80. The van der Waals surface area contributed by atoms with E-state index in [0.717, 1.165) is 32.3 Å². The van der Waals surface area contributed by atoms with Crippen molar-refractivity contribution in [3.63, 3.8) is 0 Å². The number of aryl methyl sites for hydroxylation is 1. The molecule has 2 rings (SSSR count). The van der Waals surface area contributed by atoms with Crippen molar-refractivity contribution in [2.24, 2.45) is 5.84 Å². The Hall–Kier alpha value is -0.900. The molecule has 0 aromatic heterocycles. The molecule has 1 aliphatic rings. The first-order valence-corrected chi connectivity index (χ1v) is 7.95. The smallest absolute Gasteiger partial charge is 0.0848 e. The first-order chi connectivity index (χ1) is 9.80. The van der Waals surface area contributed by atoms with Gasteiger partial charge in [0.05, 0.1) is 11.6 Å². The number of nitrogens with one attached hydrogen (secondary N) is 1. The quantitative estimate of drug-likeness (QED) is 0.594. The maximum Gasteiger partial charge on any atom is 0.0848 e. The first-order valence-electron chi connectivity index (χ1n) is 7.95.